The van der Waals surface area contributed by atoms with Gasteiger partial charge < -0.3 is 15.5 Å². The molecule has 0 radical (unpaired) electrons. The van der Waals surface area contributed by atoms with Crippen molar-refractivity contribution in [2.24, 2.45) is 10.9 Å². The zero-order chi connectivity index (χ0) is 14.4. The second-order valence-electron chi connectivity index (χ2n) is 6.57. The van der Waals surface area contributed by atoms with Crippen molar-refractivity contribution < 1.29 is 0 Å². The minimum Gasteiger partial charge on any atom is -0.357 e. The van der Waals surface area contributed by atoms with Crippen molar-refractivity contribution in [1.29, 1.82) is 0 Å². The molecule has 1 unspecified atom stereocenters. The smallest absolute Gasteiger partial charge is 0.191 e. The molecule has 2 rings (SSSR count). The third kappa shape index (κ3) is 6.72. The van der Waals surface area contributed by atoms with Gasteiger partial charge in [-0.2, -0.15) is 0 Å². The zero-order valence-corrected chi connectivity index (χ0v) is 16.2. The fourth-order valence-electron chi connectivity index (χ4n) is 3.16. The standard InChI is InChI=1S/C16H32N4.HI/c1-4-17-16(19-14-8-6-5-7-9-14)18-12-15(20(2)3)13-10-11-13;/h13-15H,4-12H2,1-3H3,(H2,17,18,19);1H. The maximum Gasteiger partial charge on any atom is 0.191 e. The summed E-state index contributed by atoms with van der Waals surface area (Å²) in [6, 6.07) is 1.23. The van der Waals surface area contributed by atoms with E-state index in [1.54, 1.807) is 0 Å². The third-order valence-corrected chi connectivity index (χ3v) is 4.56. The molecule has 0 saturated heterocycles. The van der Waals surface area contributed by atoms with E-state index in [9.17, 15) is 0 Å². The lowest BCUT2D eigenvalue weighted by Crippen LogP contribution is -2.45. The summed E-state index contributed by atoms with van der Waals surface area (Å²) in [5.41, 5.74) is 0. The van der Waals surface area contributed by atoms with Crippen molar-refractivity contribution in [3.63, 3.8) is 0 Å². The van der Waals surface area contributed by atoms with Crippen molar-refractivity contribution in [1.82, 2.24) is 15.5 Å². The monoisotopic (exact) mass is 408 g/mol. The average Bonchev–Trinajstić information content (AvgIpc) is 3.24. The first-order valence-corrected chi connectivity index (χ1v) is 8.42. The Labute approximate surface area is 147 Å². The van der Waals surface area contributed by atoms with Crippen LogP contribution in [0.1, 0.15) is 51.9 Å². The number of nitrogens with one attached hydrogen (secondary N) is 2. The minimum atomic E-state index is 0. The lowest BCUT2D eigenvalue weighted by atomic mass is 9.96. The highest BCUT2D eigenvalue weighted by atomic mass is 127. The average molecular weight is 408 g/mol. The normalized spacial score (nSPS) is 21.8. The van der Waals surface area contributed by atoms with Gasteiger partial charge in [0.2, 0.25) is 0 Å². The molecule has 0 spiro atoms. The van der Waals surface area contributed by atoms with E-state index in [0.29, 0.717) is 12.1 Å². The summed E-state index contributed by atoms with van der Waals surface area (Å²) in [5, 5.41) is 7.03. The van der Waals surface area contributed by atoms with Crippen LogP contribution in [0.25, 0.3) is 0 Å². The molecular formula is C16H33IN4. The van der Waals surface area contributed by atoms with E-state index in [1.165, 1.54) is 44.9 Å². The van der Waals surface area contributed by atoms with Gasteiger partial charge in [0.1, 0.15) is 0 Å². The van der Waals surface area contributed by atoms with Gasteiger partial charge >= 0.3 is 0 Å². The predicted molar refractivity (Wildman–Crippen MR) is 102 cm³/mol. The van der Waals surface area contributed by atoms with Crippen molar-refractivity contribution in [2.45, 2.75) is 64.0 Å². The number of aliphatic imine (C=N–C) groups is 1. The first-order valence-electron chi connectivity index (χ1n) is 8.42. The Morgan fingerprint density at radius 1 is 1.14 bits per heavy atom. The predicted octanol–water partition coefficient (Wildman–Crippen LogP) is 2.83. The molecule has 0 aromatic rings. The number of hydrogen-bond acceptors (Lipinski definition) is 2. The maximum absolute atomic E-state index is 4.84. The Hall–Kier alpha value is -0.0400. The van der Waals surface area contributed by atoms with E-state index in [1.807, 2.05) is 0 Å². The summed E-state index contributed by atoms with van der Waals surface area (Å²) >= 11 is 0. The van der Waals surface area contributed by atoms with Crippen molar-refractivity contribution in [3.8, 4) is 0 Å². The largest absolute Gasteiger partial charge is 0.357 e. The summed E-state index contributed by atoms with van der Waals surface area (Å²) in [5.74, 6) is 1.89. The van der Waals surface area contributed by atoms with Gasteiger partial charge in [0.15, 0.2) is 5.96 Å². The van der Waals surface area contributed by atoms with Crippen molar-refractivity contribution in [3.05, 3.63) is 0 Å². The molecule has 2 saturated carbocycles. The van der Waals surface area contributed by atoms with Gasteiger partial charge in [-0.05, 0) is 52.6 Å². The molecule has 4 nitrogen and oxygen atoms in total. The summed E-state index contributed by atoms with van der Waals surface area (Å²) < 4.78 is 0. The Morgan fingerprint density at radius 2 is 1.81 bits per heavy atom. The Morgan fingerprint density at radius 3 is 2.33 bits per heavy atom. The van der Waals surface area contributed by atoms with E-state index < -0.39 is 0 Å². The number of likely N-dealkylation sites (N-methyl/N-ethyl adjacent to an activating group) is 1. The van der Waals surface area contributed by atoms with E-state index in [2.05, 4.69) is 36.6 Å². The van der Waals surface area contributed by atoms with Crippen LogP contribution in [0, 0.1) is 5.92 Å². The zero-order valence-electron chi connectivity index (χ0n) is 13.9. The number of halogens is 1. The summed E-state index contributed by atoms with van der Waals surface area (Å²) in [4.78, 5) is 7.18. The number of rotatable bonds is 6. The van der Waals surface area contributed by atoms with Crippen LogP contribution in [0.5, 0.6) is 0 Å². The highest BCUT2D eigenvalue weighted by molar-refractivity contribution is 14.0. The third-order valence-electron chi connectivity index (χ3n) is 4.56. The quantitative estimate of drug-likeness (QED) is 0.404. The molecule has 0 amide bonds. The molecule has 0 aliphatic heterocycles. The lowest BCUT2D eigenvalue weighted by molar-refractivity contribution is 0.271. The topological polar surface area (TPSA) is 39.7 Å². The summed E-state index contributed by atoms with van der Waals surface area (Å²) in [6.45, 7) is 4.00. The van der Waals surface area contributed by atoms with Gasteiger partial charge in [0, 0.05) is 18.6 Å². The first-order chi connectivity index (χ1) is 9.70. The van der Waals surface area contributed by atoms with E-state index >= 15 is 0 Å². The van der Waals surface area contributed by atoms with Gasteiger partial charge in [-0.1, -0.05) is 19.3 Å². The van der Waals surface area contributed by atoms with Gasteiger partial charge in [-0.15, -0.1) is 24.0 Å². The molecular weight excluding hydrogens is 375 g/mol. The Balaban J connectivity index is 0.00000220. The second-order valence-corrected chi connectivity index (χ2v) is 6.57. The molecule has 2 aliphatic rings. The van der Waals surface area contributed by atoms with Gasteiger partial charge in [0.05, 0.1) is 6.54 Å². The molecule has 0 aromatic heterocycles. The molecule has 0 heterocycles. The fourth-order valence-corrected chi connectivity index (χ4v) is 3.16. The summed E-state index contributed by atoms with van der Waals surface area (Å²) in [7, 11) is 4.36. The molecule has 124 valence electrons. The van der Waals surface area contributed by atoms with Crippen LogP contribution < -0.4 is 10.6 Å². The molecule has 2 fully saturated rings. The number of nitrogens with zero attached hydrogens (tertiary/aromatic N) is 2. The SMILES string of the molecule is CCNC(=NCC(C1CC1)N(C)C)NC1CCCCC1.I. The Kier molecular flexibility index (Phi) is 8.94. The van der Waals surface area contributed by atoms with Crippen LogP contribution in [-0.4, -0.2) is 50.1 Å². The van der Waals surface area contributed by atoms with Crippen molar-refractivity contribution in [2.75, 3.05) is 27.2 Å². The van der Waals surface area contributed by atoms with Crippen LogP contribution in [0.15, 0.2) is 4.99 Å². The number of hydrogen-bond donors (Lipinski definition) is 2. The van der Waals surface area contributed by atoms with Gasteiger partial charge in [-0.25, -0.2) is 0 Å². The number of guanidine groups is 1. The van der Waals surface area contributed by atoms with Crippen LogP contribution >= 0.6 is 24.0 Å². The molecule has 5 heteroatoms. The first kappa shape index (κ1) is 19.0. The molecule has 21 heavy (non-hydrogen) atoms. The van der Waals surface area contributed by atoms with E-state index in [4.69, 9.17) is 4.99 Å². The van der Waals surface area contributed by atoms with Crippen LogP contribution in [0.2, 0.25) is 0 Å². The molecule has 2 N–H and O–H groups in total. The van der Waals surface area contributed by atoms with Crippen LogP contribution in [0.4, 0.5) is 0 Å². The van der Waals surface area contributed by atoms with E-state index in [0.717, 1.165) is 25.0 Å². The van der Waals surface area contributed by atoms with Crippen molar-refractivity contribution >= 4 is 29.9 Å². The van der Waals surface area contributed by atoms with E-state index in [-0.39, 0.29) is 24.0 Å². The molecule has 2 aliphatic carbocycles. The lowest BCUT2D eigenvalue weighted by Gasteiger charge is -2.26. The van der Waals surface area contributed by atoms with Crippen LogP contribution in [0.3, 0.4) is 0 Å². The highest BCUT2D eigenvalue weighted by Crippen LogP contribution is 2.34. The van der Waals surface area contributed by atoms with Gasteiger partial charge in [-0.3, -0.25) is 4.99 Å². The highest BCUT2D eigenvalue weighted by Gasteiger charge is 2.32. The molecule has 0 aromatic carbocycles. The maximum atomic E-state index is 4.84. The molecule has 0 bridgehead atoms. The fraction of sp³-hybridized carbons (Fsp3) is 0.938. The van der Waals surface area contributed by atoms with Gasteiger partial charge in [0.25, 0.3) is 0 Å². The van der Waals surface area contributed by atoms with Crippen LogP contribution in [-0.2, 0) is 0 Å². The summed E-state index contributed by atoms with van der Waals surface area (Å²) in [6.07, 6.45) is 9.47. The minimum absolute atomic E-state index is 0. The molecule has 1 atom stereocenters. The second kappa shape index (κ2) is 9.87. The Bertz CT molecular complexity index is 307.